The standard InChI is InChI=1S/C10H8F3NO2/c11-10(12,13)7-16-9-4-3-8(6-14-9)2-1-5-15/h3-4,6,15H,5,7H2. The molecule has 0 saturated heterocycles. The fraction of sp³-hybridized carbons (Fsp3) is 0.300. The molecule has 6 heteroatoms. The SMILES string of the molecule is OCC#Cc1ccc(OCC(F)(F)F)nc1. The van der Waals surface area contributed by atoms with E-state index in [1.165, 1.54) is 18.3 Å². The van der Waals surface area contributed by atoms with Gasteiger partial charge in [0.05, 0.1) is 0 Å². The Kier molecular flexibility index (Phi) is 4.14. The van der Waals surface area contributed by atoms with Crippen molar-refractivity contribution in [2.45, 2.75) is 6.18 Å². The fourth-order valence-corrected chi connectivity index (χ4v) is 0.837. The number of rotatable bonds is 2. The van der Waals surface area contributed by atoms with Crippen LogP contribution in [0.2, 0.25) is 0 Å². The van der Waals surface area contributed by atoms with Gasteiger partial charge >= 0.3 is 6.18 Å². The van der Waals surface area contributed by atoms with E-state index in [1.807, 2.05) is 0 Å². The molecule has 86 valence electrons. The Morgan fingerprint density at radius 3 is 2.62 bits per heavy atom. The normalized spacial score (nSPS) is 10.5. The first-order valence-corrected chi connectivity index (χ1v) is 4.26. The molecule has 0 amide bonds. The summed E-state index contributed by atoms with van der Waals surface area (Å²) in [6, 6.07) is 2.74. The third-order valence-corrected chi connectivity index (χ3v) is 1.43. The lowest BCUT2D eigenvalue weighted by molar-refractivity contribution is -0.154. The largest absolute Gasteiger partial charge is 0.468 e. The summed E-state index contributed by atoms with van der Waals surface area (Å²) >= 11 is 0. The van der Waals surface area contributed by atoms with Gasteiger partial charge in [0, 0.05) is 17.8 Å². The van der Waals surface area contributed by atoms with Crippen LogP contribution in [0.3, 0.4) is 0 Å². The van der Waals surface area contributed by atoms with Gasteiger partial charge in [-0.25, -0.2) is 4.98 Å². The van der Waals surface area contributed by atoms with Crippen molar-refractivity contribution in [2.24, 2.45) is 0 Å². The van der Waals surface area contributed by atoms with Crippen molar-refractivity contribution in [1.82, 2.24) is 4.98 Å². The third kappa shape index (κ3) is 4.66. The van der Waals surface area contributed by atoms with Crippen molar-refractivity contribution < 1.29 is 23.0 Å². The van der Waals surface area contributed by atoms with E-state index in [0.29, 0.717) is 5.56 Å². The molecule has 1 N–H and O–H groups in total. The summed E-state index contributed by atoms with van der Waals surface area (Å²) in [5.41, 5.74) is 0.494. The second-order valence-corrected chi connectivity index (χ2v) is 2.75. The summed E-state index contributed by atoms with van der Waals surface area (Å²) in [6.07, 6.45) is -3.11. The van der Waals surface area contributed by atoms with E-state index in [1.54, 1.807) is 0 Å². The van der Waals surface area contributed by atoms with E-state index in [2.05, 4.69) is 21.6 Å². The number of hydrogen-bond acceptors (Lipinski definition) is 3. The first kappa shape index (κ1) is 12.3. The first-order chi connectivity index (χ1) is 7.51. The zero-order valence-electron chi connectivity index (χ0n) is 8.08. The lowest BCUT2D eigenvalue weighted by atomic mass is 10.3. The van der Waals surface area contributed by atoms with E-state index >= 15 is 0 Å². The summed E-state index contributed by atoms with van der Waals surface area (Å²) in [6.45, 7) is -1.66. The average Bonchev–Trinajstić information content (AvgIpc) is 2.24. The predicted molar refractivity (Wildman–Crippen MR) is 49.8 cm³/mol. The Hall–Kier alpha value is -1.74. The average molecular weight is 231 g/mol. The summed E-state index contributed by atoms with van der Waals surface area (Å²) in [5, 5.41) is 8.41. The Bertz CT molecular complexity index is 389. The highest BCUT2D eigenvalue weighted by molar-refractivity contribution is 5.33. The zero-order chi connectivity index (χ0) is 12.0. The maximum absolute atomic E-state index is 11.8. The Morgan fingerprint density at radius 1 is 1.38 bits per heavy atom. The minimum atomic E-state index is -4.38. The minimum Gasteiger partial charge on any atom is -0.468 e. The molecule has 16 heavy (non-hydrogen) atoms. The summed E-state index contributed by atoms with van der Waals surface area (Å²) in [5.74, 6) is 4.82. The van der Waals surface area contributed by atoms with Crippen LogP contribution in [0.4, 0.5) is 13.2 Å². The number of hydrogen-bond donors (Lipinski definition) is 1. The lowest BCUT2D eigenvalue weighted by Gasteiger charge is -2.07. The molecule has 0 bridgehead atoms. The Balaban J connectivity index is 2.58. The second-order valence-electron chi connectivity index (χ2n) is 2.75. The van der Waals surface area contributed by atoms with Gasteiger partial charge in [0.15, 0.2) is 6.61 Å². The Morgan fingerprint density at radius 2 is 2.12 bits per heavy atom. The van der Waals surface area contributed by atoms with Crippen LogP contribution in [0.25, 0.3) is 0 Å². The van der Waals surface area contributed by atoms with E-state index in [0.717, 1.165) is 0 Å². The second kappa shape index (κ2) is 5.37. The van der Waals surface area contributed by atoms with Gasteiger partial charge in [0.2, 0.25) is 5.88 Å². The van der Waals surface area contributed by atoms with Gasteiger partial charge in [-0.2, -0.15) is 13.2 Å². The summed E-state index contributed by atoms with van der Waals surface area (Å²) in [7, 11) is 0. The van der Waals surface area contributed by atoms with Gasteiger partial charge < -0.3 is 9.84 Å². The van der Waals surface area contributed by atoms with Gasteiger partial charge in [-0.05, 0) is 6.07 Å². The molecule has 0 atom stereocenters. The van der Waals surface area contributed by atoms with Gasteiger partial charge in [-0.15, -0.1) is 0 Å². The fourth-order valence-electron chi connectivity index (χ4n) is 0.837. The molecule has 0 aromatic carbocycles. The maximum atomic E-state index is 11.8. The summed E-state index contributed by atoms with van der Waals surface area (Å²) in [4.78, 5) is 3.63. The molecule has 1 rings (SSSR count). The highest BCUT2D eigenvalue weighted by Crippen LogP contribution is 2.16. The van der Waals surface area contributed by atoms with E-state index < -0.39 is 12.8 Å². The maximum Gasteiger partial charge on any atom is 0.422 e. The van der Waals surface area contributed by atoms with Crippen LogP contribution in [-0.4, -0.2) is 29.5 Å². The Labute approximate surface area is 89.9 Å². The molecule has 0 spiro atoms. The smallest absolute Gasteiger partial charge is 0.422 e. The number of ether oxygens (including phenoxy) is 1. The molecule has 1 aromatic rings. The minimum absolute atomic E-state index is 0.119. The molecule has 1 aromatic heterocycles. The highest BCUT2D eigenvalue weighted by atomic mass is 19.4. The van der Waals surface area contributed by atoms with Gasteiger partial charge in [0.1, 0.15) is 6.61 Å². The van der Waals surface area contributed by atoms with Gasteiger partial charge in [-0.3, -0.25) is 0 Å². The molecule has 0 radical (unpaired) electrons. The predicted octanol–water partition coefficient (Wildman–Crippen LogP) is 1.37. The zero-order valence-corrected chi connectivity index (χ0v) is 8.08. The number of alkyl halides is 3. The molecule has 0 aliphatic carbocycles. The molecule has 0 unspecified atom stereocenters. The molecular formula is C10H8F3NO2. The van der Waals surface area contributed by atoms with Crippen molar-refractivity contribution in [2.75, 3.05) is 13.2 Å². The number of halogens is 3. The van der Waals surface area contributed by atoms with E-state index in [9.17, 15) is 13.2 Å². The topological polar surface area (TPSA) is 42.4 Å². The molecular weight excluding hydrogens is 223 g/mol. The van der Waals surface area contributed by atoms with Crippen LogP contribution in [-0.2, 0) is 0 Å². The molecule has 0 aliphatic heterocycles. The highest BCUT2D eigenvalue weighted by Gasteiger charge is 2.28. The summed E-state index contributed by atoms with van der Waals surface area (Å²) < 4.78 is 39.7. The molecule has 0 fully saturated rings. The monoisotopic (exact) mass is 231 g/mol. The number of pyridine rings is 1. The van der Waals surface area contributed by atoms with Crippen LogP contribution in [0.15, 0.2) is 18.3 Å². The van der Waals surface area contributed by atoms with Gasteiger partial charge in [0.25, 0.3) is 0 Å². The van der Waals surface area contributed by atoms with Crippen LogP contribution in [0.1, 0.15) is 5.56 Å². The van der Waals surface area contributed by atoms with Crippen LogP contribution < -0.4 is 4.74 Å². The molecule has 0 aliphatic rings. The van der Waals surface area contributed by atoms with Crippen molar-refractivity contribution in [3.8, 4) is 17.7 Å². The third-order valence-electron chi connectivity index (χ3n) is 1.43. The van der Waals surface area contributed by atoms with Crippen molar-refractivity contribution in [3.63, 3.8) is 0 Å². The van der Waals surface area contributed by atoms with Crippen molar-refractivity contribution in [1.29, 1.82) is 0 Å². The number of nitrogens with zero attached hydrogens (tertiary/aromatic N) is 1. The first-order valence-electron chi connectivity index (χ1n) is 4.26. The van der Waals surface area contributed by atoms with Crippen molar-refractivity contribution >= 4 is 0 Å². The molecule has 3 nitrogen and oxygen atoms in total. The lowest BCUT2D eigenvalue weighted by Crippen LogP contribution is -2.19. The molecule has 0 saturated carbocycles. The van der Waals surface area contributed by atoms with Crippen LogP contribution in [0, 0.1) is 11.8 Å². The number of aromatic nitrogens is 1. The molecule has 1 heterocycles. The van der Waals surface area contributed by atoms with Crippen LogP contribution >= 0.6 is 0 Å². The van der Waals surface area contributed by atoms with Crippen molar-refractivity contribution in [3.05, 3.63) is 23.9 Å². The van der Waals surface area contributed by atoms with Crippen LogP contribution in [0.5, 0.6) is 5.88 Å². The van der Waals surface area contributed by atoms with E-state index in [-0.39, 0.29) is 12.5 Å². The quantitative estimate of drug-likeness (QED) is 0.781. The number of aliphatic hydroxyl groups excluding tert-OH is 1. The number of aliphatic hydroxyl groups is 1. The van der Waals surface area contributed by atoms with Gasteiger partial charge in [-0.1, -0.05) is 11.8 Å². The van der Waals surface area contributed by atoms with E-state index in [4.69, 9.17) is 5.11 Å².